The minimum atomic E-state index is -3.34. The molecule has 1 heterocycles. The first-order chi connectivity index (χ1) is 11.8. The van der Waals surface area contributed by atoms with Crippen molar-refractivity contribution >= 4 is 32.5 Å². The Labute approximate surface area is 145 Å². The van der Waals surface area contributed by atoms with Gasteiger partial charge in [0.2, 0.25) is 0 Å². The van der Waals surface area contributed by atoms with Gasteiger partial charge in [0.1, 0.15) is 5.52 Å². The molecule has 7 nitrogen and oxygen atoms in total. The van der Waals surface area contributed by atoms with Gasteiger partial charge in [-0.05, 0) is 49.7 Å². The van der Waals surface area contributed by atoms with Crippen LogP contribution < -0.4 is 5.32 Å². The zero-order chi connectivity index (χ0) is 18.2. The number of aryl methyl sites for hydroxylation is 2. The van der Waals surface area contributed by atoms with Gasteiger partial charge in [0.15, 0.2) is 9.84 Å². The number of rotatable bonds is 4. The fraction of sp³-hybridized carbons (Fsp3) is 0.235. The Hall–Kier alpha value is -2.74. The lowest BCUT2D eigenvalue weighted by atomic mass is 10.1. The lowest BCUT2D eigenvalue weighted by molar-refractivity contribution is 0.102. The number of sulfone groups is 1. The Kier molecular flexibility index (Phi) is 4.30. The fourth-order valence-electron chi connectivity index (χ4n) is 2.51. The lowest BCUT2D eigenvalue weighted by Gasteiger charge is -2.10. The SMILES string of the molecule is CCn1nnc2cc(C(=O)Nc3cc(S(C)(=O)=O)ccc3C)ccc21. The number of anilines is 1. The molecule has 0 saturated carbocycles. The van der Waals surface area contributed by atoms with E-state index in [4.69, 9.17) is 0 Å². The predicted octanol–water partition coefficient (Wildman–Crippen LogP) is 2.42. The third-order valence-electron chi connectivity index (χ3n) is 3.96. The number of amides is 1. The molecule has 0 atom stereocenters. The number of hydrogen-bond acceptors (Lipinski definition) is 5. The molecular formula is C17H18N4O3S. The van der Waals surface area contributed by atoms with Crippen molar-refractivity contribution in [3.8, 4) is 0 Å². The van der Waals surface area contributed by atoms with Crippen molar-refractivity contribution in [2.75, 3.05) is 11.6 Å². The van der Waals surface area contributed by atoms with E-state index >= 15 is 0 Å². The largest absolute Gasteiger partial charge is 0.322 e. The van der Waals surface area contributed by atoms with E-state index in [0.717, 1.165) is 17.3 Å². The molecule has 0 bridgehead atoms. The lowest BCUT2D eigenvalue weighted by Crippen LogP contribution is -2.13. The summed E-state index contributed by atoms with van der Waals surface area (Å²) in [6.07, 6.45) is 1.13. The summed E-state index contributed by atoms with van der Waals surface area (Å²) in [4.78, 5) is 12.7. The van der Waals surface area contributed by atoms with Crippen molar-refractivity contribution in [3.63, 3.8) is 0 Å². The molecule has 0 aliphatic heterocycles. The van der Waals surface area contributed by atoms with Crippen molar-refractivity contribution in [2.45, 2.75) is 25.3 Å². The highest BCUT2D eigenvalue weighted by Crippen LogP contribution is 2.21. The molecule has 0 spiro atoms. The van der Waals surface area contributed by atoms with Gasteiger partial charge in [0, 0.05) is 24.1 Å². The number of carbonyl (C=O) groups excluding carboxylic acids is 1. The summed E-state index contributed by atoms with van der Waals surface area (Å²) in [5.41, 5.74) is 3.16. The topological polar surface area (TPSA) is 93.9 Å². The molecule has 25 heavy (non-hydrogen) atoms. The van der Waals surface area contributed by atoms with Crippen molar-refractivity contribution in [2.24, 2.45) is 0 Å². The molecule has 0 aliphatic carbocycles. The van der Waals surface area contributed by atoms with Gasteiger partial charge in [0.05, 0.1) is 10.4 Å². The molecule has 8 heteroatoms. The summed E-state index contributed by atoms with van der Waals surface area (Å²) in [6, 6.07) is 9.82. The third-order valence-corrected chi connectivity index (χ3v) is 5.07. The van der Waals surface area contributed by atoms with E-state index in [1.54, 1.807) is 35.9 Å². The molecule has 0 aliphatic rings. The van der Waals surface area contributed by atoms with Crippen LogP contribution in [0, 0.1) is 6.92 Å². The van der Waals surface area contributed by atoms with Gasteiger partial charge >= 0.3 is 0 Å². The van der Waals surface area contributed by atoms with Crippen molar-refractivity contribution < 1.29 is 13.2 Å². The number of fused-ring (bicyclic) bond motifs is 1. The Morgan fingerprint density at radius 1 is 1.20 bits per heavy atom. The van der Waals surface area contributed by atoms with Crippen LogP contribution in [0.1, 0.15) is 22.8 Å². The Bertz CT molecular complexity index is 1070. The summed E-state index contributed by atoms with van der Waals surface area (Å²) >= 11 is 0. The fourth-order valence-corrected chi connectivity index (χ4v) is 3.16. The Morgan fingerprint density at radius 2 is 1.96 bits per heavy atom. The van der Waals surface area contributed by atoms with Gasteiger partial charge in [-0.15, -0.1) is 5.10 Å². The van der Waals surface area contributed by atoms with Gasteiger partial charge in [0.25, 0.3) is 5.91 Å². The van der Waals surface area contributed by atoms with Gasteiger partial charge in [-0.2, -0.15) is 0 Å². The molecule has 1 N–H and O–H groups in total. The molecule has 3 rings (SSSR count). The Balaban J connectivity index is 1.92. The van der Waals surface area contributed by atoms with Crippen molar-refractivity contribution in [1.82, 2.24) is 15.0 Å². The zero-order valence-electron chi connectivity index (χ0n) is 14.1. The van der Waals surface area contributed by atoms with Crippen LogP contribution in [0.15, 0.2) is 41.3 Å². The standard InChI is InChI=1S/C17H18N4O3S/c1-4-21-16-8-6-12(9-15(16)19-20-21)17(22)18-14-10-13(25(3,23)24)7-5-11(14)2/h5-10H,4H2,1-3H3,(H,18,22). The number of nitrogens with zero attached hydrogens (tertiary/aromatic N) is 3. The van der Waals surface area contributed by atoms with Crippen LogP contribution in [0.2, 0.25) is 0 Å². The van der Waals surface area contributed by atoms with E-state index in [9.17, 15) is 13.2 Å². The molecule has 0 unspecified atom stereocenters. The first-order valence-corrected chi connectivity index (χ1v) is 9.64. The van der Waals surface area contributed by atoms with Crippen LogP contribution in [0.5, 0.6) is 0 Å². The van der Waals surface area contributed by atoms with Crippen LogP contribution in [-0.4, -0.2) is 35.6 Å². The molecule has 0 fully saturated rings. The highest BCUT2D eigenvalue weighted by molar-refractivity contribution is 7.90. The number of aromatic nitrogens is 3. The highest BCUT2D eigenvalue weighted by atomic mass is 32.2. The van der Waals surface area contributed by atoms with E-state index in [-0.39, 0.29) is 10.8 Å². The van der Waals surface area contributed by atoms with E-state index < -0.39 is 9.84 Å². The maximum absolute atomic E-state index is 12.5. The summed E-state index contributed by atoms with van der Waals surface area (Å²) < 4.78 is 25.1. The van der Waals surface area contributed by atoms with Crippen LogP contribution in [0.25, 0.3) is 11.0 Å². The van der Waals surface area contributed by atoms with E-state index in [1.165, 1.54) is 12.1 Å². The van der Waals surface area contributed by atoms with E-state index in [1.807, 2.05) is 6.92 Å². The quantitative estimate of drug-likeness (QED) is 0.773. The highest BCUT2D eigenvalue weighted by Gasteiger charge is 2.14. The first kappa shape index (κ1) is 17.1. The minimum Gasteiger partial charge on any atom is -0.322 e. The smallest absolute Gasteiger partial charge is 0.255 e. The molecule has 0 saturated heterocycles. The normalized spacial score (nSPS) is 11.6. The molecule has 2 aromatic carbocycles. The predicted molar refractivity (Wildman–Crippen MR) is 95.4 cm³/mol. The van der Waals surface area contributed by atoms with Crippen LogP contribution in [-0.2, 0) is 16.4 Å². The summed E-state index contributed by atoms with van der Waals surface area (Å²) in [5.74, 6) is -0.332. The number of nitrogens with one attached hydrogen (secondary N) is 1. The second kappa shape index (κ2) is 6.29. The molecular weight excluding hydrogens is 340 g/mol. The average Bonchev–Trinajstić information content (AvgIpc) is 2.98. The van der Waals surface area contributed by atoms with Gasteiger partial charge in [-0.25, -0.2) is 13.1 Å². The first-order valence-electron chi connectivity index (χ1n) is 7.75. The van der Waals surface area contributed by atoms with E-state index in [0.29, 0.717) is 23.3 Å². The Morgan fingerprint density at radius 3 is 2.64 bits per heavy atom. The molecule has 130 valence electrons. The minimum absolute atomic E-state index is 0.162. The molecule has 1 amide bonds. The molecule has 0 radical (unpaired) electrons. The van der Waals surface area contributed by atoms with Crippen LogP contribution >= 0.6 is 0 Å². The third kappa shape index (κ3) is 3.39. The molecule has 1 aromatic heterocycles. The van der Waals surface area contributed by atoms with Crippen molar-refractivity contribution in [3.05, 3.63) is 47.5 Å². The van der Waals surface area contributed by atoms with Crippen LogP contribution in [0.4, 0.5) is 5.69 Å². The maximum atomic E-state index is 12.5. The number of carbonyl (C=O) groups is 1. The van der Waals surface area contributed by atoms with Crippen molar-refractivity contribution in [1.29, 1.82) is 0 Å². The van der Waals surface area contributed by atoms with Gasteiger partial charge in [-0.3, -0.25) is 4.79 Å². The zero-order valence-corrected chi connectivity index (χ0v) is 15.0. The summed E-state index contributed by atoms with van der Waals surface area (Å²) in [6.45, 7) is 4.46. The second-order valence-electron chi connectivity index (χ2n) is 5.81. The molecule has 3 aromatic rings. The second-order valence-corrected chi connectivity index (χ2v) is 7.83. The monoisotopic (exact) mass is 358 g/mol. The average molecular weight is 358 g/mol. The van der Waals surface area contributed by atoms with Gasteiger partial charge in [-0.1, -0.05) is 11.3 Å². The van der Waals surface area contributed by atoms with Crippen LogP contribution in [0.3, 0.4) is 0 Å². The number of benzene rings is 2. The van der Waals surface area contributed by atoms with Gasteiger partial charge < -0.3 is 5.32 Å². The summed E-state index contributed by atoms with van der Waals surface area (Å²) in [7, 11) is -3.34. The number of hydrogen-bond donors (Lipinski definition) is 1. The van der Waals surface area contributed by atoms with E-state index in [2.05, 4.69) is 15.6 Å². The summed E-state index contributed by atoms with van der Waals surface area (Å²) in [5, 5.41) is 10.8. The maximum Gasteiger partial charge on any atom is 0.255 e.